The van der Waals surface area contributed by atoms with E-state index in [4.69, 9.17) is 9.72 Å². The van der Waals surface area contributed by atoms with Crippen LogP contribution >= 0.6 is 23.7 Å². The number of hydrogen-bond donors (Lipinski definition) is 0. The molecule has 0 radical (unpaired) electrons. The number of carbonyl (C=O) groups excluding carboxylic acids is 1. The van der Waals surface area contributed by atoms with Crippen molar-refractivity contribution < 1.29 is 9.53 Å². The van der Waals surface area contributed by atoms with Crippen LogP contribution in [0.5, 0.6) is 5.75 Å². The molecule has 0 bridgehead atoms. The zero-order valence-electron chi connectivity index (χ0n) is 19.4. The summed E-state index contributed by atoms with van der Waals surface area (Å²) in [6, 6.07) is 11.7. The molecule has 9 heteroatoms. The highest BCUT2D eigenvalue weighted by molar-refractivity contribution is 7.22. The summed E-state index contributed by atoms with van der Waals surface area (Å²) in [7, 11) is 0. The lowest BCUT2D eigenvalue weighted by molar-refractivity contribution is 0.0977. The second kappa shape index (κ2) is 11.0. The smallest absolute Gasteiger partial charge is 0.279 e. The summed E-state index contributed by atoms with van der Waals surface area (Å²) < 4.78 is 8.64. The zero-order chi connectivity index (χ0) is 22.7. The van der Waals surface area contributed by atoms with Crippen molar-refractivity contribution in [3.63, 3.8) is 0 Å². The van der Waals surface area contributed by atoms with Crippen LogP contribution < -0.4 is 9.64 Å². The summed E-state index contributed by atoms with van der Waals surface area (Å²) in [4.78, 5) is 27.4. The lowest BCUT2D eigenvalue weighted by Gasteiger charge is -2.24. The molecule has 0 aliphatic heterocycles. The number of benzene rings is 1. The van der Waals surface area contributed by atoms with Crippen molar-refractivity contribution in [2.75, 3.05) is 37.7 Å². The van der Waals surface area contributed by atoms with Gasteiger partial charge in [-0.15, -0.1) is 12.4 Å². The van der Waals surface area contributed by atoms with Gasteiger partial charge < -0.3 is 9.64 Å². The number of carbonyl (C=O) groups is 1. The van der Waals surface area contributed by atoms with Crippen LogP contribution in [0.4, 0.5) is 5.13 Å². The number of aryl methyl sites for hydroxylation is 1. The van der Waals surface area contributed by atoms with Gasteiger partial charge in [-0.25, -0.2) is 9.97 Å². The van der Waals surface area contributed by atoms with Crippen molar-refractivity contribution in [1.29, 1.82) is 0 Å². The third kappa shape index (κ3) is 4.98. The number of fused-ring (bicyclic) bond motifs is 2. The number of imidazole rings is 1. The van der Waals surface area contributed by atoms with Gasteiger partial charge in [0, 0.05) is 19.3 Å². The maximum Gasteiger partial charge on any atom is 0.279 e. The zero-order valence-corrected chi connectivity index (χ0v) is 21.1. The number of nitrogens with zero attached hydrogens (tertiary/aromatic N) is 5. The number of halogens is 1. The molecule has 0 saturated carbocycles. The molecule has 0 unspecified atom stereocenters. The molecule has 0 aliphatic carbocycles. The first-order chi connectivity index (χ1) is 15.6. The Morgan fingerprint density at radius 3 is 2.58 bits per heavy atom. The average molecular weight is 488 g/mol. The molecule has 4 aromatic rings. The molecule has 176 valence electrons. The Labute approximate surface area is 204 Å². The molecule has 0 spiro atoms. The summed E-state index contributed by atoms with van der Waals surface area (Å²) in [6.07, 6.45) is 1.89. The number of hydrogen-bond acceptors (Lipinski definition) is 6. The Morgan fingerprint density at radius 2 is 1.85 bits per heavy atom. The monoisotopic (exact) mass is 487 g/mol. The molecule has 0 fully saturated rings. The van der Waals surface area contributed by atoms with E-state index >= 15 is 0 Å². The quantitative estimate of drug-likeness (QED) is 0.330. The van der Waals surface area contributed by atoms with Crippen LogP contribution in [0.25, 0.3) is 15.9 Å². The minimum absolute atomic E-state index is 0. The molecule has 3 aromatic heterocycles. The molecule has 3 heterocycles. The summed E-state index contributed by atoms with van der Waals surface area (Å²) in [6.45, 7) is 11.9. The van der Waals surface area contributed by atoms with Crippen molar-refractivity contribution in [2.45, 2.75) is 27.7 Å². The molecular formula is C24H30ClN5O2S. The number of para-hydroxylation sites is 1. The lowest BCUT2D eigenvalue weighted by atomic mass is 10.3. The first-order valence-corrected chi connectivity index (χ1v) is 11.9. The molecule has 0 aliphatic rings. The molecule has 33 heavy (non-hydrogen) atoms. The van der Waals surface area contributed by atoms with E-state index in [1.807, 2.05) is 60.8 Å². The number of likely N-dealkylation sites (N-methyl/N-ethyl adjacent to an activating group) is 1. The van der Waals surface area contributed by atoms with Gasteiger partial charge in [0.2, 0.25) is 0 Å². The van der Waals surface area contributed by atoms with E-state index in [-0.39, 0.29) is 18.3 Å². The van der Waals surface area contributed by atoms with Gasteiger partial charge in [0.15, 0.2) is 5.13 Å². The summed E-state index contributed by atoms with van der Waals surface area (Å²) in [5.74, 6) is 0.653. The minimum atomic E-state index is -0.0922. The third-order valence-electron chi connectivity index (χ3n) is 5.59. The van der Waals surface area contributed by atoms with Crippen LogP contribution in [0.15, 0.2) is 42.6 Å². The lowest BCUT2D eigenvalue weighted by Crippen LogP contribution is -2.39. The van der Waals surface area contributed by atoms with Gasteiger partial charge in [-0.2, -0.15) is 0 Å². The average Bonchev–Trinajstić information content (AvgIpc) is 3.37. The number of pyridine rings is 1. The highest BCUT2D eigenvalue weighted by atomic mass is 35.5. The Kier molecular flexibility index (Phi) is 8.29. The van der Waals surface area contributed by atoms with Gasteiger partial charge in [-0.3, -0.25) is 14.1 Å². The van der Waals surface area contributed by atoms with Gasteiger partial charge in [-0.05, 0) is 51.2 Å². The van der Waals surface area contributed by atoms with Crippen molar-refractivity contribution in [1.82, 2.24) is 19.3 Å². The highest BCUT2D eigenvalue weighted by Crippen LogP contribution is 2.35. The fourth-order valence-corrected chi connectivity index (χ4v) is 4.87. The standard InChI is InChI=1S/C24H29N5O2S.ClH/c1-5-27(6-2)15-16-29(23(30)22-17(4)25-20-13-8-9-14-28(20)22)24-26-21-18(31-7-3)11-10-12-19(21)32-24;/h8-14H,5-7,15-16H2,1-4H3;1H. The highest BCUT2D eigenvalue weighted by Gasteiger charge is 2.27. The van der Waals surface area contributed by atoms with Crippen LogP contribution in [0.1, 0.15) is 37.0 Å². The van der Waals surface area contributed by atoms with Crippen LogP contribution in [-0.2, 0) is 0 Å². The Hall–Kier alpha value is -2.68. The van der Waals surface area contributed by atoms with Crippen LogP contribution in [0, 0.1) is 6.92 Å². The van der Waals surface area contributed by atoms with Crippen molar-refractivity contribution in [3.05, 3.63) is 54.0 Å². The summed E-state index contributed by atoms with van der Waals surface area (Å²) >= 11 is 1.51. The SMILES string of the molecule is CCOc1cccc2sc(N(CCN(CC)CC)C(=O)c3c(C)nc4ccccn34)nc12.Cl. The number of aromatic nitrogens is 3. The molecule has 4 rings (SSSR count). The Balaban J connectivity index is 0.00000306. The van der Waals surface area contributed by atoms with Gasteiger partial charge >= 0.3 is 0 Å². The molecule has 0 atom stereocenters. The molecule has 1 amide bonds. The van der Waals surface area contributed by atoms with E-state index in [0.717, 1.165) is 41.2 Å². The fourth-order valence-electron chi connectivity index (χ4n) is 3.86. The van der Waals surface area contributed by atoms with Gasteiger partial charge in [0.05, 0.1) is 17.0 Å². The van der Waals surface area contributed by atoms with Crippen molar-refractivity contribution in [3.8, 4) is 5.75 Å². The number of thiazole rings is 1. The van der Waals surface area contributed by atoms with E-state index in [0.29, 0.717) is 29.7 Å². The predicted molar refractivity (Wildman–Crippen MR) is 137 cm³/mol. The number of rotatable bonds is 9. The number of ether oxygens (including phenoxy) is 1. The first-order valence-electron chi connectivity index (χ1n) is 11.1. The van der Waals surface area contributed by atoms with Crippen LogP contribution in [-0.4, -0.2) is 58.0 Å². The van der Waals surface area contributed by atoms with E-state index in [1.165, 1.54) is 11.3 Å². The van der Waals surface area contributed by atoms with Crippen molar-refractivity contribution in [2.24, 2.45) is 0 Å². The number of anilines is 1. The van der Waals surface area contributed by atoms with E-state index in [9.17, 15) is 4.79 Å². The van der Waals surface area contributed by atoms with Crippen LogP contribution in [0.2, 0.25) is 0 Å². The first kappa shape index (κ1) is 25.0. The molecule has 0 saturated heterocycles. The predicted octanol–water partition coefficient (Wildman–Crippen LogP) is 5.06. The molecule has 0 N–H and O–H groups in total. The third-order valence-corrected chi connectivity index (χ3v) is 6.63. The van der Waals surface area contributed by atoms with Crippen LogP contribution in [0.3, 0.4) is 0 Å². The number of amides is 1. The van der Waals surface area contributed by atoms with Gasteiger partial charge in [0.1, 0.15) is 22.6 Å². The Bertz CT molecular complexity index is 1230. The Morgan fingerprint density at radius 1 is 1.06 bits per heavy atom. The molecule has 1 aromatic carbocycles. The fraction of sp³-hybridized carbons (Fsp3) is 0.375. The van der Waals surface area contributed by atoms with Gasteiger partial charge in [0.25, 0.3) is 5.91 Å². The second-order valence-electron chi connectivity index (χ2n) is 7.49. The normalized spacial score (nSPS) is 11.2. The topological polar surface area (TPSA) is 63.0 Å². The second-order valence-corrected chi connectivity index (χ2v) is 8.50. The van der Waals surface area contributed by atoms with Crippen molar-refractivity contribution >= 4 is 50.6 Å². The molecular weight excluding hydrogens is 458 g/mol. The van der Waals surface area contributed by atoms with Gasteiger partial charge in [-0.1, -0.05) is 37.3 Å². The summed E-state index contributed by atoms with van der Waals surface area (Å²) in [5, 5.41) is 0.676. The maximum atomic E-state index is 13.9. The van der Waals surface area contributed by atoms with E-state index in [1.54, 1.807) is 4.90 Å². The molecule has 7 nitrogen and oxygen atoms in total. The largest absolute Gasteiger partial charge is 0.492 e. The van der Waals surface area contributed by atoms with E-state index < -0.39 is 0 Å². The van der Waals surface area contributed by atoms with E-state index in [2.05, 4.69) is 23.7 Å². The maximum absolute atomic E-state index is 13.9. The summed E-state index contributed by atoms with van der Waals surface area (Å²) in [5.41, 5.74) is 2.85. The minimum Gasteiger partial charge on any atom is -0.492 e.